The summed E-state index contributed by atoms with van der Waals surface area (Å²) in [6, 6.07) is 13.1. The molecular weight excluding hydrogens is 496 g/mol. The molecule has 39 heavy (non-hydrogen) atoms. The summed E-state index contributed by atoms with van der Waals surface area (Å²) < 4.78 is 12.3. The van der Waals surface area contributed by atoms with Crippen LogP contribution in [0.15, 0.2) is 47.3 Å². The average Bonchev–Trinajstić information content (AvgIpc) is 2.93. The van der Waals surface area contributed by atoms with E-state index in [1.165, 1.54) is 0 Å². The average molecular weight is 535 g/mol. The number of pyridine rings is 1. The fourth-order valence-corrected chi connectivity index (χ4v) is 5.09. The molecule has 0 unspecified atom stereocenters. The Labute approximate surface area is 229 Å². The minimum Gasteiger partial charge on any atom is -0.497 e. The van der Waals surface area contributed by atoms with Crippen LogP contribution in [0.2, 0.25) is 0 Å². The Kier molecular flexibility index (Phi) is 8.91. The molecule has 4 rings (SSSR count). The molecule has 208 valence electrons. The van der Waals surface area contributed by atoms with E-state index in [1.807, 2.05) is 39.2 Å². The highest BCUT2D eigenvalue weighted by Gasteiger charge is 2.30. The van der Waals surface area contributed by atoms with Gasteiger partial charge in [0.15, 0.2) is 0 Å². The number of hydrogen-bond acceptors (Lipinski definition) is 7. The lowest BCUT2D eigenvalue weighted by Crippen LogP contribution is -2.49. The van der Waals surface area contributed by atoms with Crippen LogP contribution < -0.4 is 15.2 Å². The van der Waals surface area contributed by atoms with Gasteiger partial charge in [-0.2, -0.15) is 0 Å². The molecule has 0 spiro atoms. The number of carbonyl (C=O) groups excluding carboxylic acids is 2. The number of fused-ring (bicyclic) bond motifs is 1. The van der Waals surface area contributed by atoms with Gasteiger partial charge in [-0.1, -0.05) is 11.6 Å². The van der Waals surface area contributed by atoms with Crippen LogP contribution in [0.4, 0.5) is 5.69 Å². The summed E-state index contributed by atoms with van der Waals surface area (Å²) in [7, 11) is 5.58. The number of piperazine rings is 1. The Morgan fingerprint density at radius 3 is 2.31 bits per heavy atom. The van der Waals surface area contributed by atoms with Crippen molar-refractivity contribution in [3.05, 3.63) is 69.5 Å². The maximum Gasteiger partial charge on any atom is 0.345 e. The molecule has 1 aromatic heterocycles. The summed E-state index contributed by atoms with van der Waals surface area (Å²) in [5, 5.41) is 0.845. The molecule has 9 nitrogen and oxygen atoms in total. The number of aromatic nitrogens is 1. The lowest BCUT2D eigenvalue weighted by Gasteiger charge is -2.37. The summed E-state index contributed by atoms with van der Waals surface area (Å²) in [6.07, 6.45) is 0.768. The van der Waals surface area contributed by atoms with Crippen LogP contribution in [0.25, 0.3) is 10.9 Å². The standard InChI is InChI=1S/C30H38N4O5/c1-6-39-30(37)26-27(24-20-21(2)8-13-25(24)34(29(26)36)15-7-14-31(3)4)32-16-18-33(19-17-32)28(35)22-9-11-23(38-5)12-10-22/h8-13,20H,6-7,14-19H2,1-5H3. The first-order chi connectivity index (χ1) is 18.7. The van der Waals surface area contributed by atoms with Crippen molar-refractivity contribution in [3.8, 4) is 5.75 Å². The lowest BCUT2D eigenvalue weighted by atomic mass is 10.0. The molecule has 1 fully saturated rings. The van der Waals surface area contributed by atoms with Crippen molar-refractivity contribution in [2.75, 3.05) is 65.4 Å². The summed E-state index contributed by atoms with van der Waals surface area (Å²) in [5.41, 5.74) is 2.75. The normalized spacial score (nSPS) is 13.7. The van der Waals surface area contributed by atoms with Crippen LogP contribution in [-0.2, 0) is 11.3 Å². The van der Waals surface area contributed by atoms with Crippen LogP contribution in [0.5, 0.6) is 5.75 Å². The first kappa shape index (κ1) is 28.2. The van der Waals surface area contributed by atoms with Crippen LogP contribution in [0, 0.1) is 6.92 Å². The van der Waals surface area contributed by atoms with Crippen LogP contribution in [0.3, 0.4) is 0 Å². The van der Waals surface area contributed by atoms with E-state index in [1.54, 1.807) is 47.8 Å². The number of hydrogen-bond donors (Lipinski definition) is 0. The maximum absolute atomic E-state index is 13.9. The number of methoxy groups -OCH3 is 1. The summed E-state index contributed by atoms with van der Waals surface area (Å²) in [6.45, 7) is 7.13. The molecule has 1 aliphatic rings. The third-order valence-electron chi connectivity index (χ3n) is 7.08. The van der Waals surface area contributed by atoms with Gasteiger partial charge in [0.1, 0.15) is 11.3 Å². The van der Waals surface area contributed by atoms with Crippen molar-refractivity contribution in [2.24, 2.45) is 0 Å². The zero-order valence-corrected chi connectivity index (χ0v) is 23.5. The van der Waals surface area contributed by atoms with Gasteiger partial charge in [-0.3, -0.25) is 9.59 Å². The van der Waals surface area contributed by atoms with Crippen molar-refractivity contribution >= 4 is 28.5 Å². The molecule has 3 aromatic rings. The number of amides is 1. The third kappa shape index (κ3) is 6.09. The Balaban J connectivity index is 1.71. The first-order valence-corrected chi connectivity index (χ1v) is 13.4. The van der Waals surface area contributed by atoms with E-state index in [-0.39, 0.29) is 23.6 Å². The largest absolute Gasteiger partial charge is 0.497 e. The highest BCUT2D eigenvalue weighted by molar-refractivity contribution is 6.06. The van der Waals surface area contributed by atoms with Crippen molar-refractivity contribution in [2.45, 2.75) is 26.8 Å². The fourth-order valence-electron chi connectivity index (χ4n) is 5.09. The van der Waals surface area contributed by atoms with Crippen LogP contribution in [-0.4, -0.2) is 86.8 Å². The SMILES string of the molecule is CCOC(=O)c1c(N2CCN(C(=O)c3ccc(OC)cc3)CC2)c2cc(C)ccc2n(CCCN(C)C)c1=O. The second-order valence-electron chi connectivity index (χ2n) is 10.1. The van der Waals surface area contributed by atoms with E-state index in [0.29, 0.717) is 49.7 Å². The van der Waals surface area contributed by atoms with E-state index < -0.39 is 5.97 Å². The fraction of sp³-hybridized carbons (Fsp3) is 0.433. The number of rotatable bonds is 9. The highest BCUT2D eigenvalue weighted by Crippen LogP contribution is 2.32. The van der Waals surface area contributed by atoms with E-state index in [9.17, 15) is 14.4 Å². The van der Waals surface area contributed by atoms with Gasteiger partial charge in [0.2, 0.25) is 0 Å². The number of ether oxygens (including phenoxy) is 2. The minimum atomic E-state index is -0.612. The van der Waals surface area contributed by atoms with Gasteiger partial charge >= 0.3 is 5.97 Å². The predicted molar refractivity (Wildman–Crippen MR) is 153 cm³/mol. The van der Waals surface area contributed by atoms with Crippen LogP contribution in [0.1, 0.15) is 39.6 Å². The predicted octanol–water partition coefficient (Wildman–Crippen LogP) is 3.41. The number of nitrogens with zero attached hydrogens (tertiary/aromatic N) is 4. The van der Waals surface area contributed by atoms with E-state index in [2.05, 4.69) is 9.80 Å². The Bertz CT molecular complexity index is 1390. The zero-order valence-electron chi connectivity index (χ0n) is 23.5. The number of anilines is 1. The van der Waals surface area contributed by atoms with Gasteiger partial charge in [-0.15, -0.1) is 0 Å². The Hall–Kier alpha value is -3.85. The molecule has 1 amide bonds. The van der Waals surface area contributed by atoms with Gasteiger partial charge in [-0.05, 0) is 77.3 Å². The number of esters is 1. The van der Waals surface area contributed by atoms with Crippen molar-refractivity contribution < 1.29 is 19.1 Å². The first-order valence-electron chi connectivity index (χ1n) is 13.4. The molecule has 2 heterocycles. The number of carbonyl (C=O) groups is 2. The van der Waals surface area contributed by atoms with Crippen LogP contribution >= 0.6 is 0 Å². The smallest absolute Gasteiger partial charge is 0.345 e. The van der Waals surface area contributed by atoms with Crippen molar-refractivity contribution in [1.29, 1.82) is 0 Å². The highest BCUT2D eigenvalue weighted by atomic mass is 16.5. The summed E-state index contributed by atoms with van der Waals surface area (Å²) in [5.74, 6) is 0.0282. The monoisotopic (exact) mass is 534 g/mol. The second-order valence-corrected chi connectivity index (χ2v) is 10.1. The number of benzene rings is 2. The molecule has 0 saturated carbocycles. The van der Waals surface area contributed by atoms with Gasteiger partial charge in [0.25, 0.3) is 11.5 Å². The Morgan fingerprint density at radius 2 is 1.69 bits per heavy atom. The van der Waals surface area contributed by atoms with E-state index in [0.717, 1.165) is 29.4 Å². The number of aryl methyl sites for hydroxylation is 2. The van der Waals surface area contributed by atoms with Gasteiger partial charge < -0.3 is 28.7 Å². The summed E-state index contributed by atoms with van der Waals surface area (Å²) >= 11 is 0. The topological polar surface area (TPSA) is 84.3 Å². The summed E-state index contributed by atoms with van der Waals surface area (Å²) in [4.78, 5) is 46.2. The van der Waals surface area contributed by atoms with E-state index in [4.69, 9.17) is 9.47 Å². The van der Waals surface area contributed by atoms with Gasteiger partial charge in [0, 0.05) is 43.7 Å². The maximum atomic E-state index is 13.9. The van der Waals surface area contributed by atoms with E-state index >= 15 is 0 Å². The van der Waals surface area contributed by atoms with Crippen molar-refractivity contribution in [1.82, 2.24) is 14.4 Å². The molecule has 0 radical (unpaired) electrons. The zero-order chi connectivity index (χ0) is 28.1. The molecule has 2 aromatic carbocycles. The van der Waals surface area contributed by atoms with Gasteiger partial charge in [-0.25, -0.2) is 4.79 Å². The molecule has 1 aliphatic heterocycles. The Morgan fingerprint density at radius 1 is 1.00 bits per heavy atom. The minimum absolute atomic E-state index is 0.0556. The molecule has 0 atom stereocenters. The second kappa shape index (κ2) is 12.3. The molecule has 0 bridgehead atoms. The molecule has 0 aliphatic carbocycles. The molecule has 9 heteroatoms. The van der Waals surface area contributed by atoms with Crippen molar-refractivity contribution in [3.63, 3.8) is 0 Å². The molecule has 0 N–H and O–H groups in total. The van der Waals surface area contributed by atoms with Gasteiger partial charge in [0.05, 0.1) is 24.9 Å². The molecule has 1 saturated heterocycles. The molecular formula is C30H38N4O5. The quantitative estimate of drug-likeness (QED) is 0.389. The third-order valence-corrected chi connectivity index (χ3v) is 7.08. The lowest BCUT2D eigenvalue weighted by molar-refractivity contribution is 0.0523.